The quantitative estimate of drug-likeness (QED) is 0.421. The third kappa shape index (κ3) is 5.37. The molecule has 132 valence electrons. The van der Waals surface area contributed by atoms with E-state index in [2.05, 4.69) is 41.5 Å². The molecular weight excluding hydrogens is 300 g/mol. The first-order chi connectivity index (χ1) is 10.8. The SMILES string of the molecule is CC(C)(C)c1ccc(O)c(N)c1.CC(C)(C)c1ccc(O)c(N)c1. The van der Waals surface area contributed by atoms with Crippen molar-refractivity contribution in [3.63, 3.8) is 0 Å². The van der Waals surface area contributed by atoms with Gasteiger partial charge in [0.15, 0.2) is 0 Å². The van der Waals surface area contributed by atoms with Gasteiger partial charge in [-0.15, -0.1) is 0 Å². The third-order valence-electron chi connectivity index (χ3n) is 3.79. The normalized spacial score (nSPS) is 11.6. The Morgan fingerprint density at radius 2 is 0.917 bits per heavy atom. The fourth-order valence-electron chi connectivity index (χ4n) is 2.04. The largest absolute Gasteiger partial charge is 0.506 e. The Hall–Kier alpha value is -2.36. The van der Waals surface area contributed by atoms with E-state index in [4.69, 9.17) is 11.5 Å². The van der Waals surface area contributed by atoms with Gasteiger partial charge in [-0.3, -0.25) is 0 Å². The summed E-state index contributed by atoms with van der Waals surface area (Å²) in [7, 11) is 0. The van der Waals surface area contributed by atoms with Gasteiger partial charge in [-0.2, -0.15) is 0 Å². The van der Waals surface area contributed by atoms with Crippen molar-refractivity contribution in [3.05, 3.63) is 47.5 Å². The number of rotatable bonds is 0. The third-order valence-corrected chi connectivity index (χ3v) is 3.79. The lowest BCUT2D eigenvalue weighted by atomic mass is 9.87. The molecule has 0 spiro atoms. The van der Waals surface area contributed by atoms with Crippen LogP contribution in [0.4, 0.5) is 11.4 Å². The zero-order chi connectivity index (χ0) is 18.7. The average Bonchev–Trinajstić information content (AvgIpc) is 2.43. The fraction of sp³-hybridized carbons (Fsp3) is 0.400. The smallest absolute Gasteiger partial charge is 0.138 e. The number of phenolic OH excluding ortho intramolecular Hbond substituents is 2. The number of nitrogen functional groups attached to an aromatic ring is 2. The van der Waals surface area contributed by atoms with Crippen LogP contribution in [0.2, 0.25) is 0 Å². The summed E-state index contributed by atoms with van der Waals surface area (Å²) in [6.45, 7) is 12.7. The summed E-state index contributed by atoms with van der Waals surface area (Å²) in [5.41, 5.74) is 14.5. The molecule has 0 unspecified atom stereocenters. The summed E-state index contributed by atoms with van der Waals surface area (Å²) in [4.78, 5) is 0. The van der Waals surface area contributed by atoms with Gasteiger partial charge in [0, 0.05) is 0 Å². The van der Waals surface area contributed by atoms with E-state index in [1.807, 2.05) is 24.3 Å². The van der Waals surface area contributed by atoms with Gasteiger partial charge in [0.2, 0.25) is 0 Å². The van der Waals surface area contributed by atoms with E-state index in [9.17, 15) is 10.2 Å². The van der Waals surface area contributed by atoms with E-state index in [0.29, 0.717) is 11.4 Å². The molecule has 4 heteroatoms. The molecule has 0 fully saturated rings. The highest BCUT2D eigenvalue weighted by Gasteiger charge is 2.15. The zero-order valence-corrected chi connectivity index (χ0v) is 15.5. The molecule has 0 amide bonds. The molecule has 2 aromatic rings. The molecule has 6 N–H and O–H groups in total. The van der Waals surface area contributed by atoms with Crippen LogP contribution >= 0.6 is 0 Å². The number of aromatic hydroxyl groups is 2. The predicted molar refractivity (Wildman–Crippen MR) is 102 cm³/mol. The number of benzene rings is 2. The zero-order valence-electron chi connectivity index (χ0n) is 15.5. The number of hydrogen-bond donors (Lipinski definition) is 4. The summed E-state index contributed by atoms with van der Waals surface area (Å²) in [6.07, 6.45) is 0. The molecule has 2 aromatic carbocycles. The Morgan fingerprint density at radius 1 is 0.625 bits per heavy atom. The fourth-order valence-corrected chi connectivity index (χ4v) is 2.04. The van der Waals surface area contributed by atoms with Crippen molar-refractivity contribution in [2.45, 2.75) is 52.4 Å². The molecule has 0 saturated carbocycles. The van der Waals surface area contributed by atoms with Crippen LogP contribution in [0.5, 0.6) is 11.5 Å². The summed E-state index contributed by atoms with van der Waals surface area (Å²) in [5.74, 6) is 0.311. The molecule has 0 saturated heterocycles. The number of phenols is 2. The molecule has 0 heterocycles. The van der Waals surface area contributed by atoms with E-state index in [1.165, 1.54) is 0 Å². The van der Waals surface area contributed by atoms with Crippen LogP contribution in [0.15, 0.2) is 36.4 Å². The lowest BCUT2D eigenvalue weighted by Gasteiger charge is -2.19. The van der Waals surface area contributed by atoms with E-state index in [0.717, 1.165) is 11.1 Å². The van der Waals surface area contributed by atoms with Crippen molar-refractivity contribution >= 4 is 11.4 Å². The Labute approximate surface area is 145 Å². The lowest BCUT2D eigenvalue weighted by Crippen LogP contribution is -2.11. The molecule has 0 aliphatic rings. The Balaban J connectivity index is 0.000000240. The van der Waals surface area contributed by atoms with Crippen molar-refractivity contribution in [2.24, 2.45) is 0 Å². The van der Waals surface area contributed by atoms with E-state index >= 15 is 0 Å². The summed E-state index contributed by atoms with van der Waals surface area (Å²) in [6, 6.07) is 10.7. The van der Waals surface area contributed by atoms with Gasteiger partial charge >= 0.3 is 0 Å². The maximum absolute atomic E-state index is 9.18. The topological polar surface area (TPSA) is 92.5 Å². The van der Waals surface area contributed by atoms with Crippen LogP contribution in [0, 0.1) is 0 Å². The standard InChI is InChI=1S/2C10H15NO/c2*1-10(2,3)7-4-5-9(12)8(11)6-7/h2*4-6,12H,11H2,1-3H3. The van der Waals surface area contributed by atoms with Crippen molar-refractivity contribution in [2.75, 3.05) is 11.5 Å². The van der Waals surface area contributed by atoms with Crippen molar-refractivity contribution in [1.29, 1.82) is 0 Å². The molecule has 0 aliphatic carbocycles. The molecule has 0 radical (unpaired) electrons. The Kier molecular flexibility index (Phi) is 5.77. The van der Waals surface area contributed by atoms with Crippen LogP contribution in [-0.4, -0.2) is 10.2 Å². The van der Waals surface area contributed by atoms with E-state index in [-0.39, 0.29) is 22.3 Å². The maximum Gasteiger partial charge on any atom is 0.138 e. The maximum atomic E-state index is 9.18. The first kappa shape index (κ1) is 19.7. The molecule has 0 aliphatic heterocycles. The minimum absolute atomic E-state index is 0.0851. The Morgan fingerprint density at radius 3 is 1.12 bits per heavy atom. The van der Waals surface area contributed by atoms with Gasteiger partial charge < -0.3 is 21.7 Å². The van der Waals surface area contributed by atoms with Gasteiger partial charge in [0.25, 0.3) is 0 Å². The predicted octanol–water partition coefficient (Wildman–Crippen LogP) is 4.54. The average molecular weight is 330 g/mol. The second-order valence-electron chi connectivity index (χ2n) is 8.05. The molecule has 0 atom stereocenters. The second kappa shape index (κ2) is 7.04. The molecule has 0 aromatic heterocycles. The van der Waals surface area contributed by atoms with E-state index < -0.39 is 0 Å². The van der Waals surface area contributed by atoms with Crippen molar-refractivity contribution < 1.29 is 10.2 Å². The first-order valence-electron chi connectivity index (χ1n) is 8.00. The summed E-state index contributed by atoms with van der Waals surface area (Å²) < 4.78 is 0. The summed E-state index contributed by atoms with van der Waals surface area (Å²) >= 11 is 0. The number of anilines is 2. The van der Waals surface area contributed by atoms with Gasteiger partial charge in [-0.25, -0.2) is 0 Å². The van der Waals surface area contributed by atoms with Gasteiger partial charge in [0.1, 0.15) is 11.5 Å². The van der Waals surface area contributed by atoms with Crippen LogP contribution in [0.3, 0.4) is 0 Å². The van der Waals surface area contributed by atoms with Crippen molar-refractivity contribution in [3.8, 4) is 11.5 Å². The van der Waals surface area contributed by atoms with Crippen LogP contribution in [0.25, 0.3) is 0 Å². The van der Waals surface area contributed by atoms with Crippen molar-refractivity contribution in [1.82, 2.24) is 0 Å². The number of nitrogens with two attached hydrogens (primary N) is 2. The lowest BCUT2D eigenvalue weighted by molar-refractivity contribution is 0.476. The molecule has 4 nitrogen and oxygen atoms in total. The highest BCUT2D eigenvalue weighted by molar-refractivity contribution is 5.55. The first-order valence-corrected chi connectivity index (χ1v) is 8.00. The van der Waals surface area contributed by atoms with Crippen LogP contribution in [0.1, 0.15) is 52.7 Å². The molecular formula is C20H30N2O2. The van der Waals surface area contributed by atoms with Crippen LogP contribution in [-0.2, 0) is 10.8 Å². The van der Waals surface area contributed by atoms with Crippen LogP contribution < -0.4 is 11.5 Å². The van der Waals surface area contributed by atoms with Gasteiger partial charge in [0.05, 0.1) is 11.4 Å². The molecule has 2 rings (SSSR count). The monoisotopic (exact) mass is 330 g/mol. The minimum atomic E-state index is 0.0851. The highest BCUT2D eigenvalue weighted by atomic mass is 16.3. The van der Waals surface area contributed by atoms with Gasteiger partial charge in [-0.1, -0.05) is 53.7 Å². The van der Waals surface area contributed by atoms with Gasteiger partial charge in [-0.05, 0) is 46.2 Å². The molecule has 24 heavy (non-hydrogen) atoms. The highest BCUT2D eigenvalue weighted by Crippen LogP contribution is 2.29. The molecule has 0 bridgehead atoms. The second-order valence-corrected chi connectivity index (χ2v) is 8.05. The van der Waals surface area contributed by atoms with E-state index in [1.54, 1.807) is 12.1 Å². The summed E-state index contributed by atoms with van der Waals surface area (Å²) in [5, 5.41) is 18.4. The number of hydrogen-bond acceptors (Lipinski definition) is 4. The minimum Gasteiger partial charge on any atom is -0.506 e. The Bertz CT molecular complexity index is 634.